The second-order valence-corrected chi connectivity index (χ2v) is 12.1. The molecule has 7 rings (SSSR count). The number of hydrogen-bond donors (Lipinski definition) is 0. The van der Waals surface area contributed by atoms with E-state index in [1.165, 1.54) is 64.8 Å². The highest BCUT2D eigenvalue weighted by atomic mass is 32.1. The van der Waals surface area contributed by atoms with Gasteiger partial charge in [0.25, 0.3) is 0 Å². The van der Waals surface area contributed by atoms with Crippen molar-refractivity contribution in [1.82, 2.24) is 14.5 Å². The highest BCUT2D eigenvalue weighted by Crippen LogP contribution is 2.44. The van der Waals surface area contributed by atoms with E-state index in [1.54, 1.807) is 11.3 Å². The standard InChI is InChI=1S/C34H35N3O2S/c1-23-15-20-40-34(23)29-14-11-25-21-26(12-13-28(25)35-29)33-32(24-7-3-2-4-8-24)27-9-5-6-10-30(27)37(33)22-31(38)36-16-18-39-19-17-36/h5-6,9-15,20-21,24H,2-4,7-8,16-19,22H2,1H3. The van der Waals surface area contributed by atoms with Crippen LogP contribution < -0.4 is 0 Å². The zero-order valence-corrected chi connectivity index (χ0v) is 23.9. The summed E-state index contributed by atoms with van der Waals surface area (Å²) in [5.41, 5.74) is 8.24. The minimum Gasteiger partial charge on any atom is -0.378 e. The molecule has 2 fully saturated rings. The van der Waals surface area contributed by atoms with Crippen molar-refractivity contribution in [1.29, 1.82) is 0 Å². The lowest BCUT2D eigenvalue weighted by molar-refractivity contribution is -0.135. The summed E-state index contributed by atoms with van der Waals surface area (Å²) in [6.45, 7) is 5.04. The minimum absolute atomic E-state index is 0.166. The first kappa shape index (κ1) is 25.5. The average Bonchev–Trinajstić information content (AvgIpc) is 3.58. The number of nitrogens with zero attached hydrogens (tertiary/aromatic N) is 3. The molecule has 0 bridgehead atoms. The number of morpholine rings is 1. The lowest BCUT2D eigenvalue weighted by atomic mass is 9.82. The van der Waals surface area contributed by atoms with E-state index in [0.29, 0.717) is 38.8 Å². The molecule has 0 spiro atoms. The normalized spacial score (nSPS) is 16.7. The molecular formula is C34H35N3O2S. The first-order valence-electron chi connectivity index (χ1n) is 14.6. The summed E-state index contributed by atoms with van der Waals surface area (Å²) in [5.74, 6) is 0.672. The van der Waals surface area contributed by atoms with Gasteiger partial charge in [0.2, 0.25) is 5.91 Å². The Kier molecular flexibility index (Phi) is 6.90. The molecular weight excluding hydrogens is 514 g/mol. The molecule has 0 atom stereocenters. The summed E-state index contributed by atoms with van der Waals surface area (Å²) in [4.78, 5) is 21.8. The zero-order chi connectivity index (χ0) is 27.1. The van der Waals surface area contributed by atoms with Gasteiger partial charge in [-0.05, 0) is 78.1 Å². The summed E-state index contributed by atoms with van der Waals surface area (Å²) >= 11 is 1.74. The van der Waals surface area contributed by atoms with Gasteiger partial charge in [-0.3, -0.25) is 4.79 Å². The molecule has 2 aliphatic rings. The van der Waals surface area contributed by atoms with Crippen molar-refractivity contribution >= 4 is 39.0 Å². The van der Waals surface area contributed by atoms with Crippen molar-refractivity contribution in [3.8, 4) is 21.8 Å². The Balaban J connectivity index is 1.38. The summed E-state index contributed by atoms with van der Waals surface area (Å²) < 4.78 is 7.82. The molecule has 1 aliphatic heterocycles. The van der Waals surface area contributed by atoms with E-state index in [-0.39, 0.29) is 5.91 Å². The molecule has 1 aliphatic carbocycles. The Hall–Kier alpha value is -3.48. The largest absolute Gasteiger partial charge is 0.378 e. The average molecular weight is 550 g/mol. The second kappa shape index (κ2) is 10.8. The molecule has 0 N–H and O–H groups in total. The molecule has 1 amide bonds. The third-order valence-corrected chi connectivity index (χ3v) is 9.78. The molecule has 1 saturated heterocycles. The summed E-state index contributed by atoms with van der Waals surface area (Å²) in [7, 11) is 0. The highest BCUT2D eigenvalue weighted by molar-refractivity contribution is 7.13. The van der Waals surface area contributed by atoms with Crippen molar-refractivity contribution in [2.45, 2.75) is 51.5 Å². The first-order valence-corrected chi connectivity index (χ1v) is 15.5. The Labute approximate surface area is 239 Å². The summed E-state index contributed by atoms with van der Waals surface area (Å²) in [6.07, 6.45) is 6.26. The number of rotatable bonds is 5. The van der Waals surface area contributed by atoms with Crippen molar-refractivity contribution in [3.63, 3.8) is 0 Å². The van der Waals surface area contributed by atoms with Gasteiger partial charge in [0.15, 0.2) is 0 Å². The molecule has 5 nitrogen and oxygen atoms in total. The highest BCUT2D eigenvalue weighted by Gasteiger charge is 2.28. The second-order valence-electron chi connectivity index (χ2n) is 11.2. The minimum atomic E-state index is 0.166. The van der Waals surface area contributed by atoms with Crippen LogP contribution in [0.5, 0.6) is 0 Å². The number of carbonyl (C=O) groups is 1. The van der Waals surface area contributed by atoms with Crippen LogP contribution in [0.4, 0.5) is 0 Å². The van der Waals surface area contributed by atoms with Crippen LogP contribution in [0.1, 0.15) is 49.1 Å². The third-order valence-electron chi connectivity index (χ3n) is 8.74. The Morgan fingerprint density at radius 2 is 1.82 bits per heavy atom. The van der Waals surface area contributed by atoms with E-state index in [0.717, 1.165) is 22.1 Å². The van der Waals surface area contributed by atoms with Gasteiger partial charge in [0.05, 0.1) is 35.0 Å². The zero-order valence-electron chi connectivity index (χ0n) is 23.1. The van der Waals surface area contributed by atoms with E-state index in [4.69, 9.17) is 9.72 Å². The number of hydrogen-bond acceptors (Lipinski definition) is 4. The molecule has 40 heavy (non-hydrogen) atoms. The predicted molar refractivity (Wildman–Crippen MR) is 164 cm³/mol. The maximum Gasteiger partial charge on any atom is 0.242 e. The monoisotopic (exact) mass is 549 g/mol. The molecule has 2 aromatic carbocycles. The van der Waals surface area contributed by atoms with Gasteiger partial charge in [-0.1, -0.05) is 49.6 Å². The van der Waals surface area contributed by atoms with Crippen LogP contribution in [0.25, 0.3) is 43.6 Å². The van der Waals surface area contributed by atoms with Crippen LogP contribution in [0.2, 0.25) is 0 Å². The van der Waals surface area contributed by atoms with Gasteiger partial charge in [-0.15, -0.1) is 11.3 Å². The smallest absolute Gasteiger partial charge is 0.242 e. The quantitative estimate of drug-likeness (QED) is 0.225. The van der Waals surface area contributed by atoms with Gasteiger partial charge < -0.3 is 14.2 Å². The van der Waals surface area contributed by atoms with Gasteiger partial charge in [0.1, 0.15) is 6.54 Å². The number of pyridine rings is 1. The van der Waals surface area contributed by atoms with Crippen LogP contribution in [-0.2, 0) is 16.1 Å². The Bertz CT molecular complexity index is 1690. The maximum atomic E-state index is 13.6. The van der Waals surface area contributed by atoms with Crippen LogP contribution in [-0.4, -0.2) is 46.7 Å². The number of aryl methyl sites for hydroxylation is 1. The lowest BCUT2D eigenvalue weighted by Gasteiger charge is -2.28. The van der Waals surface area contributed by atoms with Gasteiger partial charge in [-0.2, -0.15) is 0 Å². The number of carbonyl (C=O) groups excluding carboxylic acids is 1. The topological polar surface area (TPSA) is 47.4 Å². The van der Waals surface area contributed by atoms with E-state index in [9.17, 15) is 4.79 Å². The number of benzene rings is 2. The molecule has 3 aromatic heterocycles. The Morgan fingerprint density at radius 3 is 2.62 bits per heavy atom. The molecule has 6 heteroatoms. The van der Waals surface area contributed by atoms with Crippen molar-refractivity contribution in [3.05, 3.63) is 77.2 Å². The van der Waals surface area contributed by atoms with Crippen LogP contribution in [0.15, 0.2) is 66.0 Å². The number of fused-ring (bicyclic) bond motifs is 2. The maximum absolute atomic E-state index is 13.6. The molecule has 0 radical (unpaired) electrons. The molecule has 5 aromatic rings. The van der Waals surface area contributed by atoms with Crippen LogP contribution in [0, 0.1) is 6.92 Å². The van der Waals surface area contributed by atoms with Crippen molar-refractivity contribution < 1.29 is 9.53 Å². The molecule has 0 unspecified atom stereocenters. The molecule has 4 heterocycles. The number of thiophene rings is 1. The number of aromatic nitrogens is 2. The van der Waals surface area contributed by atoms with Gasteiger partial charge in [0, 0.05) is 29.4 Å². The van der Waals surface area contributed by atoms with Crippen LogP contribution >= 0.6 is 11.3 Å². The number of para-hydroxylation sites is 1. The fourth-order valence-electron chi connectivity index (χ4n) is 6.69. The van der Waals surface area contributed by atoms with Crippen LogP contribution in [0.3, 0.4) is 0 Å². The molecule has 1 saturated carbocycles. The van der Waals surface area contributed by atoms with E-state index in [2.05, 4.69) is 77.5 Å². The van der Waals surface area contributed by atoms with Gasteiger partial charge in [-0.25, -0.2) is 4.98 Å². The fraction of sp³-hybridized carbons (Fsp3) is 0.353. The van der Waals surface area contributed by atoms with E-state index < -0.39 is 0 Å². The predicted octanol–water partition coefficient (Wildman–Crippen LogP) is 7.80. The molecule has 204 valence electrons. The third kappa shape index (κ3) is 4.63. The lowest BCUT2D eigenvalue weighted by Crippen LogP contribution is -2.42. The summed E-state index contributed by atoms with van der Waals surface area (Å²) in [6, 6.07) is 21.9. The van der Waals surface area contributed by atoms with Crippen molar-refractivity contribution in [2.75, 3.05) is 26.3 Å². The summed E-state index contributed by atoms with van der Waals surface area (Å²) in [5, 5.41) is 4.55. The SMILES string of the molecule is Cc1ccsc1-c1ccc2cc(-c3c(C4CCCCC4)c4ccccc4n3CC(=O)N3CCOCC3)ccc2n1. The number of ether oxygens (including phenoxy) is 1. The fourth-order valence-corrected chi connectivity index (χ4v) is 7.59. The van der Waals surface area contributed by atoms with E-state index >= 15 is 0 Å². The van der Waals surface area contributed by atoms with Gasteiger partial charge >= 0.3 is 0 Å². The van der Waals surface area contributed by atoms with E-state index in [1.807, 2.05) is 4.90 Å². The number of amides is 1. The Morgan fingerprint density at radius 1 is 1.00 bits per heavy atom. The first-order chi connectivity index (χ1) is 19.7. The van der Waals surface area contributed by atoms with Crippen molar-refractivity contribution in [2.24, 2.45) is 0 Å².